The Hall–Kier alpha value is -2.76. The first-order chi connectivity index (χ1) is 12.0. The number of hydrazine groups is 1. The van der Waals surface area contributed by atoms with Gasteiger partial charge in [-0.15, -0.1) is 0 Å². The highest BCUT2D eigenvalue weighted by Gasteiger charge is 2.31. The van der Waals surface area contributed by atoms with E-state index in [0.29, 0.717) is 6.42 Å². The average Bonchev–Trinajstić information content (AvgIpc) is 2.58. The second-order valence-corrected chi connectivity index (χ2v) is 6.22. The number of benzene rings is 1. The lowest BCUT2D eigenvalue weighted by atomic mass is 10.0. The second kappa shape index (κ2) is 8.56. The molecule has 2 amide bonds. The summed E-state index contributed by atoms with van der Waals surface area (Å²) >= 11 is 0. The molecule has 0 aromatic heterocycles. The predicted octanol–water partition coefficient (Wildman–Crippen LogP) is 2.64. The topological polar surface area (TPSA) is 76.4 Å². The highest BCUT2D eigenvalue weighted by atomic mass is 19.4. The summed E-state index contributed by atoms with van der Waals surface area (Å²) in [6.45, 7) is 3.72. The van der Waals surface area contributed by atoms with Gasteiger partial charge in [0, 0.05) is 19.7 Å². The molecule has 0 saturated carbocycles. The van der Waals surface area contributed by atoms with E-state index < -0.39 is 29.6 Å². The van der Waals surface area contributed by atoms with Crippen LogP contribution in [0.2, 0.25) is 0 Å². The number of hydrogen-bond acceptors (Lipinski definition) is 4. The van der Waals surface area contributed by atoms with E-state index in [1.165, 1.54) is 14.1 Å². The first-order valence-corrected chi connectivity index (χ1v) is 7.86. The number of nitriles is 1. The summed E-state index contributed by atoms with van der Waals surface area (Å²) in [6, 6.07) is 2.82. The molecule has 1 atom stereocenters. The first-order valence-electron chi connectivity index (χ1n) is 7.86. The van der Waals surface area contributed by atoms with Crippen molar-refractivity contribution in [2.45, 2.75) is 32.5 Å². The first kappa shape index (κ1) is 21.3. The van der Waals surface area contributed by atoms with Crippen LogP contribution >= 0.6 is 0 Å². The van der Waals surface area contributed by atoms with E-state index in [0.717, 1.165) is 34.3 Å². The van der Waals surface area contributed by atoms with Crippen molar-refractivity contribution in [2.75, 3.05) is 14.1 Å². The Bertz CT molecular complexity index is 681. The molecule has 9 heteroatoms. The molecule has 0 aliphatic heterocycles. The van der Waals surface area contributed by atoms with E-state index in [1.807, 2.05) is 13.8 Å². The lowest BCUT2D eigenvalue weighted by Gasteiger charge is -2.28. The third-order valence-electron chi connectivity index (χ3n) is 3.70. The van der Waals surface area contributed by atoms with E-state index in [4.69, 9.17) is 5.26 Å². The SMILES string of the molecule is CC(C)C[C@H](NC(=O)c1ccc(C(F)(F)F)cc1)C(=O)N(C)N(C)C#N. The van der Waals surface area contributed by atoms with E-state index in [2.05, 4.69) is 5.32 Å². The lowest BCUT2D eigenvalue weighted by molar-refractivity contribution is -0.142. The van der Waals surface area contributed by atoms with Gasteiger partial charge >= 0.3 is 6.18 Å². The maximum absolute atomic E-state index is 12.6. The number of amides is 2. The van der Waals surface area contributed by atoms with Crippen molar-refractivity contribution in [3.8, 4) is 6.19 Å². The summed E-state index contributed by atoms with van der Waals surface area (Å²) < 4.78 is 37.8. The maximum Gasteiger partial charge on any atom is 0.416 e. The van der Waals surface area contributed by atoms with Crippen LogP contribution in [0.15, 0.2) is 24.3 Å². The standard InChI is InChI=1S/C17H21F3N4O2/c1-11(2)9-14(16(26)24(4)23(3)10-21)22-15(25)12-5-7-13(8-6-12)17(18,19)20/h5-8,11,14H,9H2,1-4H3,(H,22,25)/t14-/m0/s1. The molecule has 0 radical (unpaired) electrons. The molecular formula is C17H21F3N4O2. The van der Waals surface area contributed by atoms with Gasteiger partial charge in [-0.2, -0.15) is 18.4 Å². The van der Waals surface area contributed by atoms with Gasteiger partial charge in [-0.1, -0.05) is 13.8 Å². The molecule has 1 rings (SSSR count). The van der Waals surface area contributed by atoms with Crippen LogP contribution in [-0.4, -0.2) is 42.0 Å². The molecule has 0 spiro atoms. The van der Waals surface area contributed by atoms with Crippen LogP contribution in [-0.2, 0) is 11.0 Å². The Kier molecular flexibility index (Phi) is 7.01. The molecule has 1 N–H and O–H groups in total. The van der Waals surface area contributed by atoms with Crippen LogP contribution in [0.5, 0.6) is 0 Å². The molecule has 142 valence electrons. The summed E-state index contributed by atoms with van der Waals surface area (Å²) in [5, 5.41) is 13.5. The van der Waals surface area contributed by atoms with Gasteiger partial charge in [0.1, 0.15) is 6.04 Å². The number of nitrogens with zero attached hydrogens (tertiary/aromatic N) is 3. The summed E-state index contributed by atoms with van der Waals surface area (Å²) in [6.07, 6.45) is -2.40. The van der Waals surface area contributed by atoms with Gasteiger partial charge in [0.15, 0.2) is 6.19 Å². The predicted molar refractivity (Wildman–Crippen MR) is 88.3 cm³/mol. The molecule has 0 aliphatic rings. The Balaban J connectivity index is 2.95. The van der Waals surface area contributed by atoms with E-state index >= 15 is 0 Å². The van der Waals surface area contributed by atoms with Crippen LogP contribution in [0.3, 0.4) is 0 Å². The fourth-order valence-electron chi connectivity index (χ4n) is 2.19. The number of nitrogens with one attached hydrogen (secondary N) is 1. The number of alkyl halides is 3. The largest absolute Gasteiger partial charge is 0.416 e. The van der Waals surface area contributed by atoms with Gasteiger partial charge in [-0.25, -0.2) is 10.0 Å². The van der Waals surface area contributed by atoms with E-state index in [1.54, 1.807) is 6.19 Å². The third-order valence-corrected chi connectivity index (χ3v) is 3.70. The fourth-order valence-corrected chi connectivity index (χ4v) is 2.19. The highest BCUT2D eigenvalue weighted by Crippen LogP contribution is 2.29. The molecule has 0 heterocycles. The number of halogens is 3. The van der Waals surface area contributed by atoms with E-state index in [-0.39, 0.29) is 11.5 Å². The van der Waals surface area contributed by atoms with Gasteiger partial charge in [0.2, 0.25) is 0 Å². The normalized spacial score (nSPS) is 12.3. The van der Waals surface area contributed by atoms with Crippen LogP contribution < -0.4 is 5.32 Å². The average molecular weight is 370 g/mol. The Morgan fingerprint density at radius 3 is 2.15 bits per heavy atom. The van der Waals surface area contributed by atoms with Gasteiger partial charge in [0.05, 0.1) is 5.56 Å². The molecule has 0 fully saturated rings. The Labute approximate surface area is 150 Å². The zero-order chi connectivity index (χ0) is 20.1. The summed E-state index contributed by atoms with van der Waals surface area (Å²) in [5.74, 6) is -1.09. The summed E-state index contributed by atoms with van der Waals surface area (Å²) in [5.41, 5.74) is -0.852. The molecule has 0 saturated heterocycles. The minimum atomic E-state index is -4.49. The Morgan fingerprint density at radius 2 is 1.73 bits per heavy atom. The van der Waals surface area contributed by atoms with Crippen molar-refractivity contribution < 1.29 is 22.8 Å². The number of hydrogen-bond donors (Lipinski definition) is 1. The lowest BCUT2D eigenvalue weighted by Crippen LogP contribution is -2.51. The van der Waals surface area contributed by atoms with E-state index in [9.17, 15) is 22.8 Å². The monoisotopic (exact) mass is 370 g/mol. The van der Waals surface area contributed by atoms with Crippen molar-refractivity contribution in [2.24, 2.45) is 5.92 Å². The van der Waals surface area contributed by atoms with Gasteiger partial charge in [0.25, 0.3) is 11.8 Å². The zero-order valence-corrected chi connectivity index (χ0v) is 15.0. The van der Waals surface area contributed by atoms with Crippen LogP contribution in [0.4, 0.5) is 13.2 Å². The molecule has 1 aromatic carbocycles. The van der Waals surface area contributed by atoms with Crippen LogP contribution in [0, 0.1) is 17.4 Å². The molecule has 0 aliphatic carbocycles. The molecule has 26 heavy (non-hydrogen) atoms. The number of rotatable bonds is 6. The quantitative estimate of drug-likeness (QED) is 0.474. The third kappa shape index (κ3) is 5.65. The van der Waals surface area contributed by atoms with Gasteiger partial charge < -0.3 is 5.32 Å². The van der Waals surface area contributed by atoms with Crippen molar-refractivity contribution in [1.82, 2.24) is 15.3 Å². The van der Waals surface area contributed by atoms with Gasteiger partial charge in [-0.3, -0.25) is 9.59 Å². The zero-order valence-electron chi connectivity index (χ0n) is 15.0. The molecule has 0 unspecified atom stereocenters. The smallest absolute Gasteiger partial charge is 0.340 e. The fraction of sp³-hybridized carbons (Fsp3) is 0.471. The molecule has 0 bridgehead atoms. The summed E-state index contributed by atoms with van der Waals surface area (Å²) in [7, 11) is 2.78. The number of likely N-dealkylation sites (N-methyl/N-ethyl adjacent to an activating group) is 1. The van der Waals surface area contributed by atoms with Crippen molar-refractivity contribution in [1.29, 1.82) is 5.26 Å². The van der Waals surface area contributed by atoms with Crippen molar-refractivity contribution in [3.05, 3.63) is 35.4 Å². The number of carbonyl (C=O) groups is 2. The maximum atomic E-state index is 12.6. The molecule has 1 aromatic rings. The second-order valence-electron chi connectivity index (χ2n) is 6.22. The van der Waals surface area contributed by atoms with Crippen molar-refractivity contribution in [3.63, 3.8) is 0 Å². The van der Waals surface area contributed by atoms with Crippen LogP contribution in [0.25, 0.3) is 0 Å². The van der Waals surface area contributed by atoms with Crippen molar-refractivity contribution >= 4 is 11.8 Å². The number of carbonyl (C=O) groups excluding carboxylic acids is 2. The summed E-state index contributed by atoms with van der Waals surface area (Å²) in [4.78, 5) is 24.8. The molecule has 6 nitrogen and oxygen atoms in total. The molecular weight excluding hydrogens is 349 g/mol. The van der Waals surface area contributed by atoms with Crippen LogP contribution in [0.1, 0.15) is 36.2 Å². The van der Waals surface area contributed by atoms with Gasteiger partial charge in [-0.05, 0) is 36.6 Å². The highest BCUT2D eigenvalue weighted by molar-refractivity contribution is 5.97. The minimum absolute atomic E-state index is 0.0100. The minimum Gasteiger partial charge on any atom is -0.340 e. The Morgan fingerprint density at radius 1 is 1.19 bits per heavy atom.